The summed E-state index contributed by atoms with van der Waals surface area (Å²) in [6, 6.07) is 6.33. The van der Waals surface area contributed by atoms with Crippen molar-refractivity contribution in [3.63, 3.8) is 0 Å². The van der Waals surface area contributed by atoms with Crippen LogP contribution in [-0.2, 0) is 11.3 Å². The second-order valence-corrected chi connectivity index (χ2v) is 6.98. The Morgan fingerprint density at radius 1 is 1.23 bits per heavy atom. The van der Waals surface area contributed by atoms with Gasteiger partial charge in [-0.1, -0.05) is 12.5 Å². The van der Waals surface area contributed by atoms with Gasteiger partial charge in [0, 0.05) is 25.6 Å². The van der Waals surface area contributed by atoms with Crippen molar-refractivity contribution in [1.29, 1.82) is 0 Å². The number of hydrogen-bond donors (Lipinski definition) is 0. The molecule has 2 atom stereocenters. The normalized spacial score (nSPS) is 31.0. The summed E-state index contributed by atoms with van der Waals surface area (Å²) in [6.07, 6.45) is 6.92. The number of piperidine rings is 1. The van der Waals surface area contributed by atoms with Crippen molar-refractivity contribution >= 4 is 0 Å². The molecular formula is C18H25NO3. The van der Waals surface area contributed by atoms with Crippen LogP contribution in [0.15, 0.2) is 18.2 Å². The van der Waals surface area contributed by atoms with Crippen LogP contribution in [0.2, 0.25) is 0 Å². The summed E-state index contributed by atoms with van der Waals surface area (Å²) in [6.45, 7) is 3.70. The third-order valence-electron chi connectivity index (χ3n) is 5.64. The maximum absolute atomic E-state index is 5.80. The fraction of sp³-hybridized carbons (Fsp3) is 0.667. The van der Waals surface area contributed by atoms with Gasteiger partial charge in [0.25, 0.3) is 0 Å². The van der Waals surface area contributed by atoms with Crippen LogP contribution in [-0.4, -0.2) is 38.0 Å². The molecule has 0 amide bonds. The lowest BCUT2D eigenvalue weighted by Crippen LogP contribution is -2.47. The van der Waals surface area contributed by atoms with Gasteiger partial charge in [-0.15, -0.1) is 0 Å². The fourth-order valence-corrected chi connectivity index (χ4v) is 4.63. The first-order valence-electron chi connectivity index (χ1n) is 8.43. The van der Waals surface area contributed by atoms with Crippen LogP contribution >= 0.6 is 0 Å². The second-order valence-electron chi connectivity index (χ2n) is 6.98. The molecule has 1 saturated carbocycles. The number of rotatable bonds is 3. The van der Waals surface area contributed by atoms with Crippen molar-refractivity contribution in [2.75, 3.05) is 27.0 Å². The largest absolute Gasteiger partial charge is 0.454 e. The highest BCUT2D eigenvalue weighted by Crippen LogP contribution is 2.46. The van der Waals surface area contributed by atoms with E-state index in [1.54, 1.807) is 0 Å². The molecule has 1 aliphatic carbocycles. The first-order valence-corrected chi connectivity index (χ1v) is 8.43. The Morgan fingerprint density at radius 3 is 3.00 bits per heavy atom. The minimum atomic E-state index is 0.348. The summed E-state index contributed by atoms with van der Waals surface area (Å²) >= 11 is 0. The van der Waals surface area contributed by atoms with E-state index in [2.05, 4.69) is 17.0 Å². The lowest BCUT2D eigenvalue weighted by Gasteiger charge is -2.43. The Hall–Kier alpha value is -1.26. The van der Waals surface area contributed by atoms with Crippen LogP contribution in [0.25, 0.3) is 0 Å². The Balaban J connectivity index is 1.47. The average Bonchev–Trinajstić information content (AvgIpc) is 3.13. The van der Waals surface area contributed by atoms with E-state index in [0.717, 1.165) is 18.0 Å². The van der Waals surface area contributed by atoms with Gasteiger partial charge in [-0.25, -0.2) is 0 Å². The van der Waals surface area contributed by atoms with Gasteiger partial charge >= 0.3 is 0 Å². The number of benzene rings is 1. The molecule has 0 N–H and O–H groups in total. The smallest absolute Gasteiger partial charge is 0.231 e. The first-order chi connectivity index (χ1) is 10.8. The Morgan fingerprint density at radius 2 is 2.09 bits per heavy atom. The molecule has 0 radical (unpaired) electrons. The van der Waals surface area contributed by atoms with Crippen LogP contribution in [0.1, 0.15) is 37.7 Å². The zero-order valence-electron chi connectivity index (χ0n) is 13.3. The summed E-state index contributed by atoms with van der Waals surface area (Å²) in [5.41, 5.74) is 1.71. The molecule has 0 bridgehead atoms. The van der Waals surface area contributed by atoms with Gasteiger partial charge in [-0.2, -0.15) is 0 Å². The Kier molecular flexibility index (Phi) is 3.74. The van der Waals surface area contributed by atoms with Crippen molar-refractivity contribution in [1.82, 2.24) is 4.90 Å². The van der Waals surface area contributed by atoms with Crippen molar-refractivity contribution in [3.8, 4) is 11.5 Å². The Labute approximate surface area is 132 Å². The van der Waals surface area contributed by atoms with Crippen LogP contribution in [0.3, 0.4) is 0 Å². The molecule has 0 aromatic heterocycles. The van der Waals surface area contributed by atoms with E-state index in [4.69, 9.17) is 14.2 Å². The molecule has 1 saturated heterocycles. The lowest BCUT2D eigenvalue weighted by atomic mass is 9.76. The number of nitrogens with zero attached hydrogens (tertiary/aromatic N) is 1. The molecule has 4 rings (SSSR count). The van der Waals surface area contributed by atoms with Crippen LogP contribution in [0.5, 0.6) is 11.5 Å². The zero-order valence-corrected chi connectivity index (χ0v) is 13.3. The summed E-state index contributed by atoms with van der Waals surface area (Å²) in [4.78, 5) is 2.60. The van der Waals surface area contributed by atoms with Crippen LogP contribution in [0, 0.1) is 5.41 Å². The third kappa shape index (κ3) is 2.48. The van der Waals surface area contributed by atoms with Gasteiger partial charge in [-0.3, -0.25) is 4.90 Å². The van der Waals surface area contributed by atoms with Crippen molar-refractivity contribution in [2.24, 2.45) is 5.41 Å². The molecule has 4 nitrogen and oxygen atoms in total. The maximum Gasteiger partial charge on any atom is 0.231 e. The SMILES string of the molecule is CO[C@@H]1CCC[C@]12CCCN(Cc1ccc3c(c1)OCO3)C2. The molecule has 1 aromatic rings. The molecular weight excluding hydrogens is 278 g/mol. The van der Waals surface area contributed by atoms with Gasteiger partial charge in [-0.05, 0) is 49.9 Å². The average molecular weight is 303 g/mol. The van der Waals surface area contributed by atoms with Gasteiger partial charge in [0.15, 0.2) is 11.5 Å². The predicted molar refractivity (Wildman–Crippen MR) is 84.2 cm³/mol. The maximum atomic E-state index is 5.80. The minimum absolute atomic E-state index is 0.348. The molecule has 3 aliphatic rings. The number of ether oxygens (including phenoxy) is 3. The molecule has 1 spiro atoms. The molecule has 120 valence electrons. The van der Waals surface area contributed by atoms with Gasteiger partial charge in [0.1, 0.15) is 0 Å². The number of fused-ring (bicyclic) bond motifs is 1. The van der Waals surface area contributed by atoms with E-state index < -0.39 is 0 Å². The molecule has 4 heteroatoms. The molecule has 2 aliphatic heterocycles. The highest BCUT2D eigenvalue weighted by atomic mass is 16.7. The molecule has 2 heterocycles. The molecule has 2 fully saturated rings. The van der Waals surface area contributed by atoms with E-state index in [1.807, 2.05) is 13.2 Å². The molecule has 22 heavy (non-hydrogen) atoms. The summed E-state index contributed by atoms with van der Waals surface area (Å²) in [5, 5.41) is 0. The third-order valence-corrected chi connectivity index (χ3v) is 5.64. The van der Waals surface area contributed by atoms with Crippen molar-refractivity contribution in [3.05, 3.63) is 23.8 Å². The fourth-order valence-electron chi connectivity index (χ4n) is 4.63. The van der Waals surface area contributed by atoms with E-state index in [0.29, 0.717) is 18.3 Å². The number of likely N-dealkylation sites (tertiary alicyclic amines) is 1. The molecule has 0 unspecified atom stereocenters. The van der Waals surface area contributed by atoms with Gasteiger partial charge in [0.05, 0.1) is 6.10 Å². The molecule has 1 aromatic carbocycles. The van der Waals surface area contributed by atoms with E-state index in [9.17, 15) is 0 Å². The monoisotopic (exact) mass is 303 g/mol. The van der Waals surface area contributed by atoms with Gasteiger partial charge in [0.2, 0.25) is 6.79 Å². The summed E-state index contributed by atoms with van der Waals surface area (Å²) in [7, 11) is 1.88. The predicted octanol–water partition coefficient (Wildman–Crippen LogP) is 3.20. The van der Waals surface area contributed by atoms with E-state index in [1.165, 1.54) is 50.8 Å². The summed E-state index contributed by atoms with van der Waals surface area (Å²) < 4.78 is 16.7. The van der Waals surface area contributed by atoms with Crippen LogP contribution < -0.4 is 9.47 Å². The minimum Gasteiger partial charge on any atom is -0.454 e. The highest BCUT2D eigenvalue weighted by molar-refractivity contribution is 5.44. The second kappa shape index (κ2) is 5.74. The topological polar surface area (TPSA) is 30.9 Å². The van der Waals surface area contributed by atoms with Gasteiger partial charge < -0.3 is 14.2 Å². The van der Waals surface area contributed by atoms with Crippen LogP contribution in [0.4, 0.5) is 0 Å². The van der Waals surface area contributed by atoms with E-state index in [-0.39, 0.29) is 0 Å². The van der Waals surface area contributed by atoms with Crippen molar-refractivity contribution < 1.29 is 14.2 Å². The van der Waals surface area contributed by atoms with E-state index >= 15 is 0 Å². The summed E-state index contributed by atoms with van der Waals surface area (Å²) in [5.74, 6) is 1.76. The first kappa shape index (κ1) is 14.3. The van der Waals surface area contributed by atoms with Crippen molar-refractivity contribution in [2.45, 2.75) is 44.8 Å². The number of methoxy groups -OCH3 is 1. The highest BCUT2D eigenvalue weighted by Gasteiger charge is 2.45. The zero-order chi connectivity index (χ0) is 15.0. The lowest BCUT2D eigenvalue weighted by molar-refractivity contribution is -0.0366. The Bertz CT molecular complexity index is 547. The standard InChI is InChI=1S/C18H25NO3/c1-20-17-4-2-7-18(17)8-3-9-19(12-18)11-14-5-6-15-16(10-14)22-13-21-15/h5-6,10,17H,2-4,7-9,11-13H2,1H3/t17-,18-/m1/s1. The quantitative estimate of drug-likeness (QED) is 0.858. The number of hydrogen-bond acceptors (Lipinski definition) is 4.